The summed E-state index contributed by atoms with van der Waals surface area (Å²) in [4.78, 5) is 14.3. The fraction of sp³-hybridized carbons (Fsp3) is 0.562. The first kappa shape index (κ1) is 15.0. The Kier molecular flexibility index (Phi) is 4.43. The van der Waals surface area contributed by atoms with Crippen LogP contribution in [-0.4, -0.2) is 22.9 Å². The molecule has 0 aromatic heterocycles. The number of rotatable bonds is 4. The summed E-state index contributed by atoms with van der Waals surface area (Å²) in [5.74, 6) is 0.195. The number of hydrogen-bond donors (Lipinski definition) is 1. The van der Waals surface area contributed by atoms with Crippen molar-refractivity contribution < 1.29 is 9.18 Å². The van der Waals surface area contributed by atoms with Gasteiger partial charge < -0.3 is 4.90 Å². The van der Waals surface area contributed by atoms with E-state index in [9.17, 15) is 9.18 Å². The Morgan fingerprint density at radius 1 is 1.40 bits per heavy atom. The van der Waals surface area contributed by atoms with Gasteiger partial charge in [-0.3, -0.25) is 10.1 Å². The van der Waals surface area contributed by atoms with Gasteiger partial charge in [-0.15, -0.1) is 0 Å². The normalized spacial score (nSPS) is 24.5. The maximum atomic E-state index is 13.5. The van der Waals surface area contributed by atoms with Gasteiger partial charge in [0.2, 0.25) is 5.91 Å². The molecule has 1 aliphatic rings. The summed E-state index contributed by atoms with van der Waals surface area (Å²) in [6.45, 7) is 8.19. The summed E-state index contributed by atoms with van der Waals surface area (Å²) in [6.07, 6.45) is 0.657. The molecule has 0 radical (unpaired) electrons. The summed E-state index contributed by atoms with van der Waals surface area (Å²) >= 11 is 0. The largest absolute Gasteiger partial charge is 0.318 e. The van der Waals surface area contributed by atoms with Crippen LogP contribution in [-0.2, 0) is 4.79 Å². The highest BCUT2D eigenvalue weighted by atomic mass is 19.1. The first-order valence-electron chi connectivity index (χ1n) is 7.29. The van der Waals surface area contributed by atoms with E-state index in [1.807, 2.05) is 17.9 Å². The minimum atomic E-state index is -0.270. The van der Waals surface area contributed by atoms with Crippen LogP contribution in [0.25, 0.3) is 0 Å². The minimum Gasteiger partial charge on any atom is -0.318 e. The van der Waals surface area contributed by atoms with E-state index in [4.69, 9.17) is 0 Å². The number of halogens is 1. The number of amides is 1. The van der Waals surface area contributed by atoms with Crippen LogP contribution in [0.4, 0.5) is 4.39 Å². The summed E-state index contributed by atoms with van der Waals surface area (Å²) in [5.41, 5.74) is 0.807. The van der Waals surface area contributed by atoms with Gasteiger partial charge in [0.05, 0.1) is 6.04 Å². The zero-order valence-electron chi connectivity index (χ0n) is 12.6. The second kappa shape index (κ2) is 5.92. The van der Waals surface area contributed by atoms with Crippen LogP contribution in [0.2, 0.25) is 0 Å². The van der Waals surface area contributed by atoms with Crippen molar-refractivity contribution in [3.8, 4) is 0 Å². The summed E-state index contributed by atoms with van der Waals surface area (Å²) in [6, 6.07) is 6.42. The average Bonchev–Trinajstić information content (AvgIpc) is 2.68. The van der Waals surface area contributed by atoms with Crippen LogP contribution < -0.4 is 5.32 Å². The fourth-order valence-electron chi connectivity index (χ4n) is 3.02. The van der Waals surface area contributed by atoms with Crippen molar-refractivity contribution >= 4 is 5.91 Å². The Morgan fingerprint density at radius 2 is 2.10 bits per heavy atom. The molecule has 20 heavy (non-hydrogen) atoms. The second-order valence-corrected chi connectivity index (χ2v) is 5.81. The third-order valence-electron chi connectivity index (χ3n) is 4.02. The van der Waals surface area contributed by atoms with Gasteiger partial charge >= 0.3 is 0 Å². The molecule has 0 aliphatic carbocycles. The van der Waals surface area contributed by atoms with Crippen molar-refractivity contribution in [1.29, 1.82) is 0 Å². The van der Waals surface area contributed by atoms with Gasteiger partial charge in [0.15, 0.2) is 0 Å². The van der Waals surface area contributed by atoms with Gasteiger partial charge in [0.25, 0.3) is 0 Å². The molecule has 1 aromatic carbocycles. The number of carbonyl (C=O) groups excluding carboxylic acids is 1. The molecule has 1 fully saturated rings. The molecule has 1 aromatic rings. The Morgan fingerprint density at radius 3 is 2.65 bits per heavy atom. The van der Waals surface area contributed by atoms with Gasteiger partial charge in [-0.05, 0) is 37.0 Å². The number of nitrogens with one attached hydrogen (secondary N) is 1. The molecule has 1 heterocycles. The average molecular weight is 278 g/mol. The van der Waals surface area contributed by atoms with Crippen LogP contribution >= 0.6 is 0 Å². The first-order chi connectivity index (χ1) is 9.45. The zero-order chi connectivity index (χ0) is 14.9. The Balaban J connectivity index is 2.37. The van der Waals surface area contributed by atoms with E-state index in [-0.39, 0.29) is 30.0 Å². The third-order valence-corrected chi connectivity index (χ3v) is 4.02. The minimum absolute atomic E-state index is 0.0970. The van der Waals surface area contributed by atoms with Crippen molar-refractivity contribution in [3.05, 3.63) is 35.6 Å². The highest BCUT2D eigenvalue weighted by Crippen LogP contribution is 2.31. The molecule has 3 atom stereocenters. The molecular formula is C16H23FN2O. The van der Waals surface area contributed by atoms with E-state index in [0.717, 1.165) is 12.0 Å². The monoisotopic (exact) mass is 278 g/mol. The molecule has 2 rings (SSSR count). The van der Waals surface area contributed by atoms with Crippen LogP contribution in [0.15, 0.2) is 24.3 Å². The molecule has 1 saturated heterocycles. The van der Waals surface area contributed by atoms with Gasteiger partial charge in [0, 0.05) is 6.04 Å². The molecule has 3 unspecified atom stereocenters. The first-order valence-corrected chi connectivity index (χ1v) is 7.29. The molecule has 1 amide bonds. The van der Waals surface area contributed by atoms with E-state index < -0.39 is 0 Å². The maximum absolute atomic E-state index is 13.5. The lowest BCUT2D eigenvalue weighted by molar-refractivity contribution is -0.133. The summed E-state index contributed by atoms with van der Waals surface area (Å²) in [5, 5.41) is 3.28. The van der Waals surface area contributed by atoms with Crippen molar-refractivity contribution in [2.45, 2.75) is 52.4 Å². The van der Waals surface area contributed by atoms with Crippen molar-refractivity contribution in [2.75, 3.05) is 0 Å². The number of nitrogens with zero attached hydrogens (tertiary/aromatic N) is 1. The highest BCUT2D eigenvalue weighted by molar-refractivity contribution is 5.84. The standard InChI is InChI=1S/C16H23FN2O/c1-5-14(10(2)3)19-15(18-11(4)16(19)20)12-7-6-8-13(17)9-12/h6-11,14-15,18H,5H2,1-4H3. The zero-order valence-corrected chi connectivity index (χ0v) is 12.6. The van der Waals surface area contributed by atoms with Crippen LogP contribution in [0, 0.1) is 11.7 Å². The Labute approximate surface area is 120 Å². The summed E-state index contributed by atoms with van der Waals surface area (Å²) < 4.78 is 13.5. The van der Waals surface area contributed by atoms with Gasteiger partial charge in [0.1, 0.15) is 12.0 Å². The molecule has 1 aliphatic heterocycles. The Bertz CT molecular complexity index is 489. The van der Waals surface area contributed by atoms with E-state index in [1.54, 1.807) is 6.07 Å². The molecule has 4 heteroatoms. The number of benzene rings is 1. The van der Waals surface area contributed by atoms with Crippen molar-refractivity contribution in [3.63, 3.8) is 0 Å². The quantitative estimate of drug-likeness (QED) is 0.918. The van der Waals surface area contributed by atoms with E-state index >= 15 is 0 Å². The molecule has 0 spiro atoms. The predicted molar refractivity (Wildman–Crippen MR) is 77.5 cm³/mol. The lowest BCUT2D eigenvalue weighted by Crippen LogP contribution is -2.42. The van der Waals surface area contributed by atoms with Crippen LogP contribution in [0.5, 0.6) is 0 Å². The molecule has 0 saturated carbocycles. The van der Waals surface area contributed by atoms with E-state index in [1.165, 1.54) is 12.1 Å². The van der Waals surface area contributed by atoms with Gasteiger partial charge in [-0.2, -0.15) is 0 Å². The van der Waals surface area contributed by atoms with Gasteiger partial charge in [-0.1, -0.05) is 32.9 Å². The maximum Gasteiger partial charge on any atom is 0.241 e. The number of hydrogen-bond acceptors (Lipinski definition) is 2. The molecule has 3 nitrogen and oxygen atoms in total. The molecular weight excluding hydrogens is 255 g/mol. The lowest BCUT2D eigenvalue weighted by atomic mass is 9.98. The molecule has 1 N–H and O–H groups in total. The third kappa shape index (κ3) is 2.70. The summed E-state index contributed by atoms with van der Waals surface area (Å²) in [7, 11) is 0. The van der Waals surface area contributed by atoms with Crippen molar-refractivity contribution in [1.82, 2.24) is 10.2 Å². The predicted octanol–water partition coefficient (Wildman–Crippen LogP) is 3.08. The molecule has 0 bridgehead atoms. The fourth-order valence-corrected chi connectivity index (χ4v) is 3.02. The van der Waals surface area contributed by atoms with Crippen LogP contribution in [0.1, 0.15) is 45.8 Å². The topological polar surface area (TPSA) is 32.3 Å². The van der Waals surface area contributed by atoms with Gasteiger partial charge in [-0.25, -0.2) is 4.39 Å². The second-order valence-electron chi connectivity index (χ2n) is 5.81. The smallest absolute Gasteiger partial charge is 0.241 e. The number of carbonyl (C=O) groups is 1. The highest BCUT2D eigenvalue weighted by Gasteiger charge is 2.41. The van der Waals surface area contributed by atoms with Crippen LogP contribution in [0.3, 0.4) is 0 Å². The van der Waals surface area contributed by atoms with Crippen molar-refractivity contribution in [2.24, 2.45) is 5.92 Å². The van der Waals surface area contributed by atoms with E-state index in [2.05, 4.69) is 26.1 Å². The SMILES string of the molecule is CCC(C(C)C)N1C(=O)C(C)NC1c1cccc(F)c1. The molecule has 110 valence electrons. The Hall–Kier alpha value is -1.42. The van der Waals surface area contributed by atoms with E-state index in [0.29, 0.717) is 5.92 Å². The lowest BCUT2D eigenvalue weighted by Gasteiger charge is -2.35.